The Morgan fingerprint density at radius 3 is 2.07 bits per heavy atom. The molecule has 0 aliphatic heterocycles. The molecule has 0 aliphatic rings. The molecule has 0 radical (unpaired) electrons. The first-order chi connectivity index (χ1) is 6.41. The van der Waals surface area contributed by atoms with Crippen LogP contribution >= 0.6 is 0 Å². The highest BCUT2D eigenvalue weighted by atomic mass is 16.1. The maximum atomic E-state index is 11.4. The van der Waals surface area contributed by atoms with Crippen molar-refractivity contribution in [1.29, 1.82) is 0 Å². The molecule has 1 N–H and O–H groups in total. The van der Waals surface area contributed by atoms with Crippen molar-refractivity contribution in [2.75, 3.05) is 0 Å². The molecule has 0 aromatic heterocycles. The maximum absolute atomic E-state index is 11.4. The molecular weight excluding hydrogens is 174 g/mol. The van der Waals surface area contributed by atoms with Crippen LogP contribution < -0.4 is 5.32 Å². The minimum atomic E-state index is 0.201. The Morgan fingerprint density at radius 2 is 1.64 bits per heavy atom. The van der Waals surface area contributed by atoms with Crippen molar-refractivity contribution in [1.82, 2.24) is 5.32 Å². The molecule has 0 heterocycles. The molecule has 0 fully saturated rings. The molecule has 84 valence electrons. The molecule has 0 spiro atoms. The number of nitrogens with one attached hydrogen (secondary N) is 1. The van der Waals surface area contributed by atoms with Crippen molar-refractivity contribution < 1.29 is 4.79 Å². The van der Waals surface area contributed by atoms with Crippen LogP contribution in [-0.2, 0) is 4.79 Å². The summed E-state index contributed by atoms with van der Waals surface area (Å²) in [5.74, 6) is 1.46. The van der Waals surface area contributed by atoms with E-state index in [9.17, 15) is 4.79 Å². The summed E-state index contributed by atoms with van der Waals surface area (Å²) in [7, 11) is 0. The highest BCUT2D eigenvalue weighted by molar-refractivity contribution is 5.76. The Morgan fingerprint density at radius 1 is 1.07 bits per heavy atom. The maximum Gasteiger partial charge on any atom is 0.220 e. The van der Waals surface area contributed by atoms with Gasteiger partial charge in [-0.3, -0.25) is 4.79 Å². The largest absolute Gasteiger partial charge is 0.354 e. The summed E-state index contributed by atoms with van der Waals surface area (Å²) in [6.45, 7) is 10.7. The van der Waals surface area contributed by atoms with Crippen molar-refractivity contribution in [2.24, 2.45) is 11.8 Å². The first kappa shape index (κ1) is 13.5. The Hall–Kier alpha value is -0.530. The zero-order valence-corrected chi connectivity index (χ0v) is 10.3. The molecule has 0 aromatic rings. The van der Waals surface area contributed by atoms with Gasteiger partial charge in [-0.05, 0) is 31.6 Å². The fourth-order valence-electron chi connectivity index (χ4n) is 1.53. The third-order valence-corrected chi connectivity index (χ3v) is 2.18. The molecule has 0 rings (SSSR count). The summed E-state index contributed by atoms with van der Waals surface area (Å²) in [4.78, 5) is 11.4. The van der Waals surface area contributed by atoms with E-state index in [1.165, 1.54) is 0 Å². The van der Waals surface area contributed by atoms with Crippen molar-refractivity contribution >= 4 is 5.91 Å². The van der Waals surface area contributed by atoms with Gasteiger partial charge in [0, 0.05) is 12.5 Å². The van der Waals surface area contributed by atoms with Crippen LogP contribution in [0, 0.1) is 11.8 Å². The summed E-state index contributed by atoms with van der Waals surface area (Å²) in [5, 5.41) is 3.03. The van der Waals surface area contributed by atoms with Crippen molar-refractivity contribution in [2.45, 2.75) is 59.9 Å². The molecule has 0 saturated heterocycles. The minimum absolute atomic E-state index is 0.201. The highest BCUT2D eigenvalue weighted by Gasteiger charge is 2.09. The van der Waals surface area contributed by atoms with Gasteiger partial charge in [-0.1, -0.05) is 27.7 Å². The van der Waals surface area contributed by atoms with E-state index in [0.717, 1.165) is 12.8 Å². The van der Waals surface area contributed by atoms with Crippen LogP contribution in [0.2, 0.25) is 0 Å². The number of carbonyl (C=O) groups excluding carboxylic acids is 1. The molecule has 0 bridgehead atoms. The highest BCUT2D eigenvalue weighted by Crippen LogP contribution is 2.06. The predicted octanol–water partition coefficient (Wildman–Crippen LogP) is 2.97. The molecule has 1 amide bonds. The number of hydrogen-bond donors (Lipinski definition) is 1. The molecule has 1 atom stereocenters. The summed E-state index contributed by atoms with van der Waals surface area (Å²) < 4.78 is 0. The Kier molecular flexibility index (Phi) is 6.60. The lowest BCUT2D eigenvalue weighted by Crippen LogP contribution is -2.33. The van der Waals surface area contributed by atoms with E-state index >= 15 is 0 Å². The minimum Gasteiger partial charge on any atom is -0.354 e. The van der Waals surface area contributed by atoms with Crippen molar-refractivity contribution in [3.05, 3.63) is 0 Å². The average molecular weight is 199 g/mol. The van der Waals surface area contributed by atoms with Gasteiger partial charge >= 0.3 is 0 Å². The molecule has 0 aromatic carbocycles. The second kappa shape index (κ2) is 6.86. The lowest BCUT2D eigenvalue weighted by atomic mass is 10.0. The number of amides is 1. The van der Waals surface area contributed by atoms with Crippen LogP contribution in [0.15, 0.2) is 0 Å². The zero-order chi connectivity index (χ0) is 11.1. The van der Waals surface area contributed by atoms with E-state index in [0.29, 0.717) is 24.3 Å². The molecule has 1 unspecified atom stereocenters. The van der Waals surface area contributed by atoms with Gasteiger partial charge in [0.2, 0.25) is 5.91 Å². The quantitative estimate of drug-likeness (QED) is 0.700. The number of hydrogen-bond acceptors (Lipinski definition) is 1. The van der Waals surface area contributed by atoms with Gasteiger partial charge in [-0.15, -0.1) is 0 Å². The Balaban J connectivity index is 3.60. The third kappa shape index (κ3) is 8.09. The second-order valence-corrected chi connectivity index (χ2v) is 5.03. The fourth-order valence-corrected chi connectivity index (χ4v) is 1.53. The topological polar surface area (TPSA) is 29.1 Å². The van der Waals surface area contributed by atoms with Gasteiger partial charge in [0.25, 0.3) is 0 Å². The smallest absolute Gasteiger partial charge is 0.220 e. The van der Waals surface area contributed by atoms with Crippen molar-refractivity contribution in [3.8, 4) is 0 Å². The molecular formula is C12H25NO. The lowest BCUT2D eigenvalue weighted by molar-refractivity contribution is -0.122. The van der Waals surface area contributed by atoms with Crippen LogP contribution in [0.1, 0.15) is 53.9 Å². The molecule has 2 heteroatoms. The van der Waals surface area contributed by atoms with E-state index in [1.807, 2.05) is 0 Å². The SMILES string of the molecule is CC(C)CCC(=O)NC(C)CC(C)C. The molecule has 2 nitrogen and oxygen atoms in total. The Bertz CT molecular complexity index is 164. The van der Waals surface area contributed by atoms with Crippen LogP contribution in [-0.4, -0.2) is 11.9 Å². The summed E-state index contributed by atoms with van der Waals surface area (Å²) in [6.07, 6.45) is 2.72. The van der Waals surface area contributed by atoms with Gasteiger partial charge in [-0.2, -0.15) is 0 Å². The predicted molar refractivity (Wildman–Crippen MR) is 61.1 cm³/mol. The number of carbonyl (C=O) groups is 1. The summed E-state index contributed by atoms with van der Waals surface area (Å²) in [6, 6.07) is 0.315. The molecule has 0 saturated carbocycles. The van der Waals surface area contributed by atoms with E-state index in [4.69, 9.17) is 0 Å². The summed E-state index contributed by atoms with van der Waals surface area (Å²) >= 11 is 0. The number of rotatable bonds is 6. The van der Waals surface area contributed by atoms with Gasteiger partial charge in [0.15, 0.2) is 0 Å². The first-order valence-corrected chi connectivity index (χ1v) is 5.71. The van der Waals surface area contributed by atoms with Crippen LogP contribution in [0.3, 0.4) is 0 Å². The van der Waals surface area contributed by atoms with E-state index in [1.54, 1.807) is 0 Å². The first-order valence-electron chi connectivity index (χ1n) is 5.71. The average Bonchev–Trinajstić information content (AvgIpc) is 1.98. The summed E-state index contributed by atoms with van der Waals surface area (Å²) in [5.41, 5.74) is 0. The second-order valence-electron chi connectivity index (χ2n) is 5.03. The van der Waals surface area contributed by atoms with E-state index in [-0.39, 0.29) is 5.91 Å². The Labute approximate surface area is 88.5 Å². The van der Waals surface area contributed by atoms with Crippen LogP contribution in [0.4, 0.5) is 0 Å². The monoisotopic (exact) mass is 199 g/mol. The standard InChI is InChI=1S/C12H25NO/c1-9(2)6-7-12(14)13-11(5)8-10(3)4/h9-11H,6-8H2,1-5H3,(H,13,14). The van der Waals surface area contributed by atoms with Gasteiger partial charge in [-0.25, -0.2) is 0 Å². The van der Waals surface area contributed by atoms with Crippen LogP contribution in [0.5, 0.6) is 0 Å². The zero-order valence-electron chi connectivity index (χ0n) is 10.3. The molecule has 0 aliphatic carbocycles. The normalized spacial score (nSPS) is 13.4. The fraction of sp³-hybridized carbons (Fsp3) is 0.917. The third-order valence-electron chi connectivity index (χ3n) is 2.18. The van der Waals surface area contributed by atoms with Gasteiger partial charge in [0.1, 0.15) is 0 Å². The van der Waals surface area contributed by atoms with E-state index in [2.05, 4.69) is 39.9 Å². The van der Waals surface area contributed by atoms with Crippen LogP contribution in [0.25, 0.3) is 0 Å². The lowest BCUT2D eigenvalue weighted by Gasteiger charge is -2.16. The molecule has 14 heavy (non-hydrogen) atoms. The van der Waals surface area contributed by atoms with Gasteiger partial charge in [0.05, 0.1) is 0 Å². The van der Waals surface area contributed by atoms with E-state index < -0.39 is 0 Å². The van der Waals surface area contributed by atoms with Crippen molar-refractivity contribution in [3.63, 3.8) is 0 Å². The van der Waals surface area contributed by atoms with Gasteiger partial charge < -0.3 is 5.32 Å².